The van der Waals surface area contributed by atoms with Crippen molar-refractivity contribution in [1.29, 1.82) is 5.26 Å². The van der Waals surface area contributed by atoms with Crippen LogP contribution in [0, 0.1) is 31.1 Å². The lowest BCUT2D eigenvalue weighted by Crippen LogP contribution is -2.31. The molecule has 0 amide bonds. The number of nitrogens with zero attached hydrogens (tertiary/aromatic N) is 2. The van der Waals surface area contributed by atoms with Crippen LogP contribution in [-0.4, -0.2) is 24.2 Å². The van der Waals surface area contributed by atoms with Gasteiger partial charge in [-0.15, -0.1) is 0 Å². The first-order chi connectivity index (χ1) is 8.99. The van der Waals surface area contributed by atoms with Crippen LogP contribution in [0.2, 0.25) is 0 Å². The van der Waals surface area contributed by atoms with Gasteiger partial charge in [0.15, 0.2) is 0 Å². The van der Waals surface area contributed by atoms with Crippen LogP contribution in [0.3, 0.4) is 0 Å². The van der Waals surface area contributed by atoms with Crippen LogP contribution in [0.25, 0.3) is 0 Å². The van der Waals surface area contributed by atoms with Gasteiger partial charge < -0.3 is 10.1 Å². The summed E-state index contributed by atoms with van der Waals surface area (Å²) in [5.74, 6) is 1.07. The monoisotopic (exact) mass is 261 g/mol. The number of nitrogens with one attached hydrogen (secondary N) is 1. The zero-order chi connectivity index (χ0) is 14.4. The minimum atomic E-state index is 0.153. The van der Waals surface area contributed by atoms with E-state index in [1.165, 1.54) is 0 Å². The van der Waals surface area contributed by atoms with Crippen molar-refractivity contribution in [2.24, 2.45) is 5.92 Å². The Bertz CT molecular complexity index is 463. The number of anilines is 1. The second-order valence-electron chi connectivity index (χ2n) is 5.07. The molecule has 4 heteroatoms. The quantitative estimate of drug-likeness (QED) is 0.855. The van der Waals surface area contributed by atoms with E-state index in [0.717, 1.165) is 11.3 Å². The fourth-order valence-electron chi connectivity index (χ4n) is 1.90. The zero-order valence-electron chi connectivity index (χ0n) is 12.4. The van der Waals surface area contributed by atoms with E-state index in [9.17, 15) is 5.26 Å². The van der Waals surface area contributed by atoms with Gasteiger partial charge in [-0.1, -0.05) is 13.8 Å². The molecule has 19 heavy (non-hydrogen) atoms. The minimum Gasteiger partial charge on any atom is -0.380 e. The molecule has 0 saturated heterocycles. The highest BCUT2D eigenvalue weighted by molar-refractivity contribution is 5.56. The highest BCUT2D eigenvalue weighted by atomic mass is 16.5. The Morgan fingerprint density at radius 1 is 1.42 bits per heavy atom. The third kappa shape index (κ3) is 4.22. The summed E-state index contributed by atoms with van der Waals surface area (Å²) in [6.45, 7) is 11.4. The van der Waals surface area contributed by atoms with Gasteiger partial charge in [0, 0.05) is 12.3 Å². The van der Waals surface area contributed by atoms with Crippen LogP contribution in [0.5, 0.6) is 0 Å². The van der Waals surface area contributed by atoms with Crippen LogP contribution >= 0.6 is 0 Å². The second-order valence-corrected chi connectivity index (χ2v) is 5.07. The largest absolute Gasteiger partial charge is 0.380 e. The molecule has 0 aliphatic carbocycles. The van der Waals surface area contributed by atoms with Gasteiger partial charge in [0.05, 0.1) is 18.2 Å². The van der Waals surface area contributed by atoms with Crippen molar-refractivity contribution in [2.75, 3.05) is 18.5 Å². The van der Waals surface area contributed by atoms with Gasteiger partial charge in [-0.2, -0.15) is 5.26 Å². The van der Waals surface area contributed by atoms with Crippen molar-refractivity contribution >= 4 is 5.82 Å². The molecule has 1 heterocycles. The second kappa shape index (κ2) is 7.10. The zero-order valence-corrected chi connectivity index (χ0v) is 12.4. The first kappa shape index (κ1) is 15.5. The van der Waals surface area contributed by atoms with Crippen molar-refractivity contribution in [1.82, 2.24) is 4.98 Å². The summed E-state index contributed by atoms with van der Waals surface area (Å²) < 4.78 is 5.49. The maximum Gasteiger partial charge on any atom is 0.144 e. The predicted molar refractivity (Wildman–Crippen MR) is 77.2 cm³/mol. The number of hydrogen-bond acceptors (Lipinski definition) is 4. The van der Waals surface area contributed by atoms with Crippen molar-refractivity contribution < 1.29 is 4.74 Å². The fourth-order valence-corrected chi connectivity index (χ4v) is 1.90. The van der Waals surface area contributed by atoms with Gasteiger partial charge >= 0.3 is 0 Å². The molecule has 1 unspecified atom stereocenters. The van der Waals surface area contributed by atoms with Gasteiger partial charge in [-0.05, 0) is 38.3 Å². The number of nitriles is 1. The summed E-state index contributed by atoms with van der Waals surface area (Å²) >= 11 is 0. The number of rotatable bonds is 6. The fraction of sp³-hybridized carbons (Fsp3) is 0.600. The van der Waals surface area contributed by atoms with Crippen molar-refractivity contribution in [3.63, 3.8) is 0 Å². The smallest absolute Gasteiger partial charge is 0.144 e. The Labute approximate surface area is 115 Å². The molecular formula is C15H23N3O. The lowest BCUT2D eigenvalue weighted by Gasteiger charge is -2.23. The van der Waals surface area contributed by atoms with E-state index in [1.807, 2.05) is 26.8 Å². The Morgan fingerprint density at radius 2 is 2.11 bits per heavy atom. The molecule has 0 aromatic carbocycles. The first-order valence-corrected chi connectivity index (χ1v) is 6.72. The molecule has 0 spiro atoms. The lowest BCUT2D eigenvalue weighted by molar-refractivity contribution is 0.126. The van der Waals surface area contributed by atoms with Crippen molar-refractivity contribution in [3.05, 3.63) is 22.9 Å². The van der Waals surface area contributed by atoms with Crippen LogP contribution in [0.1, 0.15) is 37.6 Å². The van der Waals surface area contributed by atoms with Gasteiger partial charge in [0.1, 0.15) is 11.9 Å². The maximum atomic E-state index is 9.26. The van der Waals surface area contributed by atoms with E-state index in [1.54, 1.807) is 0 Å². The molecule has 1 N–H and O–H groups in total. The molecule has 4 nitrogen and oxygen atoms in total. The number of aryl methyl sites for hydroxylation is 2. The van der Waals surface area contributed by atoms with E-state index in [2.05, 4.69) is 30.2 Å². The van der Waals surface area contributed by atoms with Crippen LogP contribution < -0.4 is 5.32 Å². The molecule has 0 aliphatic heterocycles. The average Bonchev–Trinajstić information content (AvgIpc) is 2.33. The molecule has 0 aliphatic rings. The third-order valence-corrected chi connectivity index (χ3v) is 3.08. The summed E-state index contributed by atoms with van der Waals surface area (Å²) in [4.78, 5) is 4.45. The highest BCUT2D eigenvalue weighted by Gasteiger charge is 2.17. The van der Waals surface area contributed by atoms with Gasteiger partial charge in [0.25, 0.3) is 0 Å². The van der Waals surface area contributed by atoms with Gasteiger partial charge in [0.2, 0.25) is 0 Å². The highest BCUT2D eigenvalue weighted by Crippen LogP contribution is 2.20. The van der Waals surface area contributed by atoms with E-state index >= 15 is 0 Å². The summed E-state index contributed by atoms with van der Waals surface area (Å²) in [5.41, 5.74) is 2.49. The average molecular weight is 261 g/mol. The Morgan fingerprint density at radius 3 is 2.63 bits per heavy atom. The van der Waals surface area contributed by atoms with E-state index < -0.39 is 0 Å². The molecule has 104 valence electrons. The standard InChI is InChI=1S/C15H23N3O/c1-6-19-9-14(10(2)3)18-15-13(8-16)11(4)7-12(5)17-15/h7,10,14H,6,9H2,1-5H3,(H,17,18). The number of ether oxygens (including phenoxy) is 1. The van der Waals surface area contributed by atoms with Crippen molar-refractivity contribution in [3.8, 4) is 6.07 Å². The molecule has 1 atom stereocenters. The molecule has 0 bridgehead atoms. The molecule has 0 fully saturated rings. The Balaban J connectivity index is 2.99. The van der Waals surface area contributed by atoms with Crippen LogP contribution in [-0.2, 0) is 4.74 Å². The Kier molecular flexibility index (Phi) is 5.78. The molecule has 1 aromatic rings. The van der Waals surface area contributed by atoms with Crippen molar-refractivity contribution in [2.45, 2.75) is 40.7 Å². The molecule has 0 saturated carbocycles. The topological polar surface area (TPSA) is 57.9 Å². The normalized spacial score (nSPS) is 12.3. The van der Waals surface area contributed by atoms with Gasteiger partial charge in [-0.25, -0.2) is 4.98 Å². The number of aromatic nitrogens is 1. The summed E-state index contributed by atoms with van der Waals surface area (Å²) in [6.07, 6.45) is 0. The van der Waals surface area contributed by atoms with Crippen LogP contribution in [0.15, 0.2) is 6.07 Å². The van der Waals surface area contributed by atoms with E-state index in [-0.39, 0.29) is 6.04 Å². The summed E-state index contributed by atoms with van der Waals surface area (Å²) in [5, 5.41) is 12.6. The summed E-state index contributed by atoms with van der Waals surface area (Å²) in [7, 11) is 0. The number of hydrogen-bond donors (Lipinski definition) is 1. The maximum absolute atomic E-state index is 9.26. The number of pyridine rings is 1. The molecule has 1 rings (SSSR count). The van der Waals surface area contributed by atoms with E-state index in [4.69, 9.17) is 4.74 Å². The first-order valence-electron chi connectivity index (χ1n) is 6.72. The Hall–Kier alpha value is -1.60. The van der Waals surface area contributed by atoms with E-state index in [0.29, 0.717) is 30.5 Å². The molecular weight excluding hydrogens is 238 g/mol. The molecule has 0 radical (unpaired) electrons. The van der Waals surface area contributed by atoms with Gasteiger partial charge in [-0.3, -0.25) is 0 Å². The predicted octanol–water partition coefficient (Wildman–Crippen LogP) is 3.04. The third-order valence-electron chi connectivity index (χ3n) is 3.08. The lowest BCUT2D eigenvalue weighted by atomic mass is 10.0. The summed E-state index contributed by atoms with van der Waals surface area (Å²) in [6, 6.07) is 4.31. The SMILES string of the molecule is CCOCC(Nc1nc(C)cc(C)c1C#N)C(C)C. The van der Waals surface area contributed by atoms with Crippen LogP contribution in [0.4, 0.5) is 5.82 Å². The minimum absolute atomic E-state index is 0.153. The molecule has 1 aromatic heterocycles.